The molecule has 0 N–H and O–H groups in total. The Labute approximate surface area is 103 Å². The van der Waals surface area contributed by atoms with Crippen molar-refractivity contribution in [3.63, 3.8) is 0 Å². The van der Waals surface area contributed by atoms with Crippen LogP contribution in [0.15, 0.2) is 25.2 Å². The van der Waals surface area contributed by atoms with Crippen LogP contribution in [0.3, 0.4) is 0 Å². The van der Waals surface area contributed by atoms with Gasteiger partial charge in [0.2, 0.25) is 0 Å². The van der Waals surface area contributed by atoms with Gasteiger partial charge in [-0.3, -0.25) is 4.90 Å². The molecule has 0 radical (unpaired) electrons. The van der Waals surface area contributed by atoms with E-state index in [0.717, 1.165) is 31.0 Å². The first kappa shape index (κ1) is 12.0. The Balaban J connectivity index is 2.12. The van der Waals surface area contributed by atoms with E-state index in [0.29, 0.717) is 0 Å². The SMILES string of the molecule is C=C(c1ccncn1)N1CCN(C)C(C)(C)C1. The van der Waals surface area contributed by atoms with Crippen LogP contribution in [-0.2, 0) is 0 Å². The highest BCUT2D eigenvalue weighted by Gasteiger charge is 2.31. The Morgan fingerprint density at radius 1 is 1.41 bits per heavy atom. The van der Waals surface area contributed by atoms with Crippen LogP contribution in [0.2, 0.25) is 0 Å². The summed E-state index contributed by atoms with van der Waals surface area (Å²) in [6.45, 7) is 11.7. The largest absolute Gasteiger partial charge is 0.367 e. The van der Waals surface area contributed by atoms with Crippen LogP contribution in [0, 0.1) is 0 Å². The predicted octanol–water partition coefficient (Wildman–Crippen LogP) is 1.47. The molecule has 1 fully saturated rings. The van der Waals surface area contributed by atoms with E-state index in [1.165, 1.54) is 0 Å². The monoisotopic (exact) mass is 232 g/mol. The summed E-state index contributed by atoms with van der Waals surface area (Å²) in [4.78, 5) is 12.9. The lowest BCUT2D eigenvalue weighted by Gasteiger charge is -2.46. The van der Waals surface area contributed by atoms with Gasteiger partial charge in [-0.25, -0.2) is 9.97 Å². The second-order valence-electron chi connectivity index (χ2n) is 5.20. The standard InChI is InChI=1S/C13H20N4/c1-11(12-5-6-14-10-15-12)17-8-7-16(4)13(2,3)9-17/h5-6,10H,1,7-9H2,2-4H3. The Morgan fingerprint density at radius 2 is 2.18 bits per heavy atom. The number of nitrogens with zero attached hydrogens (tertiary/aromatic N) is 4. The molecular weight excluding hydrogens is 212 g/mol. The molecule has 2 rings (SSSR count). The van der Waals surface area contributed by atoms with Crippen molar-refractivity contribution < 1.29 is 0 Å². The number of aromatic nitrogens is 2. The molecule has 1 aliphatic rings. The summed E-state index contributed by atoms with van der Waals surface area (Å²) in [7, 11) is 2.17. The summed E-state index contributed by atoms with van der Waals surface area (Å²) in [5, 5.41) is 0. The second-order valence-corrected chi connectivity index (χ2v) is 5.20. The van der Waals surface area contributed by atoms with Crippen LogP contribution in [0.25, 0.3) is 5.70 Å². The fraction of sp³-hybridized carbons (Fsp3) is 0.538. The fourth-order valence-corrected chi connectivity index (χ4v) is 2.09. The average molecular weight is 232 g/mol. The van der Waals surface area contributed by atoms with Crippen molar-refractivity contribution in [1.82, 2.24) is 19.8 Å². The van der Waals surface area contributed by atoms with Gasteiger partial charge in [-0.1, -0.05) is 6.58 Å². The molecule has 4 heteroatoms. The van der Waals surface area contributed by atoms with Crippen LogP contribution >= 0.6 is 0 Å². The molecule has 92 valence electrons. The van der Waals surface area contributed by atoms with Gasteiger partial charge in [0.25, 0.3) is 0 Å². The summed E-state index contributed by atoms with van der Waals surface area (Å²) in [5.74, 6) is 0. The molecule has 2 heterocycles. The van der Waals surface area contributed by atoms with E-state index in [9.17, 15) is 0 Å². The predicted molar refractivity (Wildman–Crippen MR) is 69.3 cm³/mol. The van der Waals surface area contributed by atoms with Crippen LogP contribution < -0.4 is 0 Å². The van der Waals surface area contributed by atoms with E-state index in [1.807, 2.05) is 6.07 Å². The average Bonchev–Trinajstić information content (AvgIpc) is 2.33. The summed E-state index contributed by atoms with van der Waals surface area (Å²) in [6.07, 6.45) is 3.33. The van der Waals surface area contributed by atoms with Gasteiger partial charge in [0.15, 0.2) is 0 Å². The Kier molecular flexibility index (Phi) is 3.15. The smallest absolute Gasteiger partial charge is 0.116 e. The quantitative estimate of drug-likeness (QED) is 0.773. The van der Waals surface area contributed by atoms with Crippen molar-refractivity contribution in [2.45, 2.75) is 19.4 Å². The minimum atomic E-state index is 0.175. The summed E-state index contributed by atoms with van der Waals surface area (Å²) < 4.78 is 0. The van der Waals surface area contributed by atoms with Gasteiger partial charge in [-0.2, -0.15) is 0 Å². The maximum absolute atomic E-state index is 4.25. The first-order chi connectivity index (χ1) is 8.00. The molecule has 0 spiro atoms. The van der Waals surface area contributed by atoms with E-state index in [2.05, 4.69) is 47.2 Å². The molecule has 4 nitrogen and oxygen atoms in total. The van der Waals surface area contributed by atoms with Crippen molar-refractivity contribution in [2.24, 2.45) is 0 Å². The maximum atomic E-state index is 4.25. The third kappa shape index (κ3) is 2.47. The molecule has 0 amide bonds. The highest BCUT2D eigenvalue weighted by Crippen LogP contribution is 2.24. The number of hydrogen-bond donors (Lipinski definition) is 0. The first-order valence-electron chi connectivity index (χ1n) is 5.92. The van der Waals surface area contributed by atoms with E-state index in [4.69, 9.17) is 0 Å². The molecule has 17 heavy (non-hydrogen) atoms. The number of hydrogen-bond acceptors (Lipinski definition) is 4. The molecule has 1 aromatic heterocycles. The lowest BCUT2D eigenvalue weighted by atomic mass is 9.99. The van der Waals surface area contributed by atoms with Crippen molar-refractivity contribution in [3.05, 3.63) is 30.9 Å². The topological polar surface area (TPSA) is 32.3 Å². The lowest BCUT2D eigenvalue weighted by Crippen LogP contribution is -2.56. The van der Waals surface area contributed by atoms with Crippen LogP contribution in [-0.4, -0.2) is 52.0 Å². The van der Waals surface area contributed by atoms with E-state index in [1.54, 1.807) is 12.5 Å². The molecule has 0 bridgehead atoms. The molecule has 1 aliphatic heterocycles. The number of likely N-dealkylation sites (N-methyl/N-ethyl adjacent to an activating group) is 1. The van der Waals surface area contributed by atoms with E-state index in [-0.39, 0.29) is 5.54 Å². The third-order valence-electron chi connectivity index (χ3n) is 3.58. The van der Waals surface area contributed by atoms with Crippen molar-refractivity contribution in [3.8, 4) is 0 Å². The van der Waals surface area contributed by atoms with Gasteiger partial charge in [0.05, 0.1) is 11.4 Å². The van der Waals surface area contributed by atoms with Crippen LogP contribution in [0.1, 0.15) is 19.5 Å². The summed E-state index contributed by atoms with van der Waals surface area (Å²) in [6, 6.07) is 1.91. The molecule has 0 aliphatic carbocycles. The van der Waals surface area contributed by atoms with Crippen molar-refractivity contribution >= 4 is 5.70 Å². The van der Waals surface area contributed by atoms with E-state index >= 15 is 0 Å². The normalized spacial score (nSPS) is 20.3. The number of rotatable bonds is 2. The zero-order chi connectivity index (χ0) is 12.5. The Bertz CT molecular complexity index is 399. The Hall–Kier alpha value is -1.42. The van der Waals surface area contributed by atoms with Gasteiger partial charge in [0.1, 0.15) is 6.33 Å². The highest BCUT2D eigenvalue weighted by molar-refractivity contribution is 5.58. The van der Waals surface area contributed by atoms with Gasteiger partial charge in [0, 0.05) is 31.4 Å². The second kappa shape index (κ2) is 4.45. The van der Waals surface area contributed by atoms with Gasteiger partial charge >= 0.3 is 0 Å². The molecule has 0 atom stereocenters. The molecule has 0 aromatic carbocycles. The van der Waals surface area contributed by atoms with Crippen LogP contribution in [0.5, 0.6) is 0 Å². The maximum Gasteiger partial charge on any atom is 0.116 e. The van der Waals surface area contributed by atoms with Gasteiger partial charge < -0.3 is 4.90 Å². The lowest BCUT2D eigenvalue weighted by molar-refractivity contribution is 0.0697. The minimum absolute atomic E-state index is 0.175. The van der Waals surface area contributed by atoms with Gasteiger partial charge in [-0.05, 0) is 27.0 Å². The third-order valence-corrected chi connectivity index (χ3v) is 3.58. The molecular formula is C13H20N4. The minimum Gasteiger partial charge on any atom is -0.367 e. The molecule has 1 saturated heterocycles. The molecule has 1 aromatic rings. The summed E-state index contributed by atoms with van der Waals surface area (Å²) >= 11 is 0. The number of piperazine rings is 1. The van der Waals surface area contributed by atoms with E-state index < -0.39 is 0 Å². The van der Waals surface area contributed by atoms with Gasteiger partial charge in [-0.15, -0.1) is 0 Å². The molecule has 0 saturated carbocycles. The highest BCUT2D eigenvalue weighted by atomic mass is 15.3. The Morgan fingerprint density at radius 3 is 2.76 bits per heavy atom. The fourth-order valence-electron chi connectivity index (χ4n) is 2.09. The summed E-state index contributed by atoms with van der Waals surface area (Å²) in [5.41, 5.74) is 2.09. The zero-order valence-corrected chi connectivity index (χ0v) is 10.8. The van der Waals surface area contributed by atoms with Crippen LogP contribution in [0.4, 0.5) is 0 Å². The van der Waals surface area contributed by atoms with Crippen molar-refractivity contribution in [2.75, 3.05) is 26.7 Å². The van der Waals surface area contributed by atoms with Crippen molar-refractivity contribution in [1.29, 1.82) is 0 Å². The molecule has 0 unspecified atom stereocenters. The first-order valence-corrected chi connectivity index (χ1v) is 5.92. The zero-order valence-electron chi connectivity index (χ0n) is 10.8.